The molecule has 0 radical (unpaired) electrons. The zero-order valence-corrected chi connectivity index (χ0v) is 13.0. The van der Waals surface area contributed by atoms with Crippen LogP contribution in [0.1, 0.15) is 44.9 Å². The van der Waals surface area contributed by atoms with E-state index >= 15 is 0 Å². The first-order valence-electron chi connectivity index (χ1n) is 8.01. The number of nitrogen functional groups attached to an aromatic ring is 1. The van der Waals surface area contributed by atoms with Crippen molar-refractivity contribution in [3.8, 4) is 0 Å². The van der Waals surface area contributed by atoms with Gasteiger partial charge in [0.25, 0.3) is 0 Å². The molecular formula is C17H27N3O. The highest BCUT2D eigenvalue weighted by Gasteiger charge is 2.17. The standard InChI is InChI=1S/C17H27N3O/c1-20(16-9-3-2-4-10-16)12-6-11-17(21)19-15-8-5-7-14(18)13-15/h5,7-8,13,16H,2-4,6,9-12,18H2,1H3,(H,19,21). The van der Waals surface area contributed by atoms with Crippen LogP contribution in [-0.4, -0.2) is 30.4 Å². The lowest BCUT2D eigenvalue weighted by Crippen LogP contribution is -2.34. The number of hydrogen-bond acceptors (Lipinski definition) is 3. The molecule has 0 saturated heterocycles. The van der Waals surface area contributed by atoms with Crippen LogP contribution < -0.4 is 11.1 Å². The van der Waals surface area contributed by atoms with Gasteiger partial charge in [-0.25, -0.2) is 0 Å². The molecule has 0 atom stereocenters. The average molecular weight is 289 g/mol. The molecule has 1 aromatic carbocycles. The topological polar surface area (TPSA) is 58.4 Å². The summed E-state index contributed by atoms with van der Waals surface area (Å²) in [6, 6.07) is 8.03. The molecule has 2 rings (SSSR count). The molecule has 1 aliphatic rings. The third-order valence-electron chi connectivity index (χ3n) is 4.28. The van der Waals surface area contributed by atoms with Gasteiger partial charge in [0.2, 0.25) is 5.91 Å². The number of amides is 1. The first-order valence-corrected chi connectivity index (χ1v) is 8.01. The van der Waals surface area contributed by atoms with Gasteiger partial charge in [0.15, 0.2) is 0 Å². The molecule has 0 spiro atoms. The monoisotopic (exact) mass is 289 g/mol. The molecular weight excluding hydrogens is 262 g/mol. The molecule has 4 nitrogen and oxygen atoms in total. The Morgan fingerprint density at radius 1 is 1.33 bits per heavy atom. The zero-order valence-electron chi connectivity index (χ0n) is 13.0. The molecule has 4 heteroatoms. The number of hydrogen-bond donors (Lipinski definition) is 2. The quantitative estimate of drug-likeness (QED) is 0.790. The van der Waals surface area contributed by atoms with E-state index in [-0.39, 0.29) is 5.91 Å². The van der Waals surface area contributed by atoms with Crippen LogP contribution in [0, 0.1) is 0 Å². The van der Waals surface area contributed by atoms with Crippen molar-refractivity contribution in [1.29, 1.82) is 0 Å². The molecule has 0 heterocycles. The van der Waals surface area contributed by atoms with Gasteiger partial charge >= 0.3 is 0 Å². The fourth-order valence-electron chi connectivity index (χ4n) is 3.03. The average Bonchev–Trinajstić information content (AvgIpc) is 2.48. The van der Waals surface area contributed by atoms with Gasteiger partial charge in [-0.15, -0.1) is 0 Å². The molecule has 3 N–H and O–H groups in total. The van der Waals surface area contributed by atoms with E-state index in [1.54, 1.807) is 6.07 Å². The van der Waals surface area contributed by atoms with Crippen molar-refractivity contribution in [2.24, 2.45) is 0 Å². The number of nitrogens with zero attached hydrogens (tertiary/aromatic N) is 1. The number of benzene rings is 1. The zero-order chi connectivity index (χ0) is 15.1. The number of carbonyl (C=O) groups excluding carboxylic acids is 1. The van der Waals surface area contributed by atoms with E-state index in [0.717, 1.165) is 24.7 Å². The van der Waals surface area contributed by atoms with Gasteiger partial charge in [-0.3, -0.25) is 4.79 Å². The van der Waals surface area contributed by atoms with Gasteiger partial charge in [-0.1, -0.05) is 25.3 Å². The molecule has 21 heavy (non-hydrogen) atoms. The highest BCUT2D eigenvalue weighted by molar-refractivity contribution is 5.91. The van der Waals surface area contributed by atoms with Crippen LogP contribution in [0.25, 0.3) is 0 Å². The minimum atomic E-state index is 0.0673. The van der Waals surface area contributed by atoms with Crippen molar-refractivity contribution in [1.82, 2.24) is 4.90 Å². The number of anilines is 2. The predicted octanol–water partition coefficient (Wildman–Crippen LogP) is 3.25. The summed E-state index contributed by atoms with van der Waals surface area (Å²) < 4.78 is 0. The van der Waals surface area contributed by atoms with E-state index in [1.807, 2.05) is 18.2 Å². The van der Waals surface area contributed by atoms with Crippen molar-refractivity contribution in [2.75, 3.05) is 24.6 Å². The van der Waals surface area contributed by atoms with Gasteiger partial charge in [-0.05, 0) is 51.1 Å². The summed E-state index contributed by atoms with van der Waals surface area (Å²) in [6.45, 7) is 0.995. The Morgan fingerprint density at radius 3 is 2.81 bits per heavy atom. The fraction of sp³-hybridized carbons (Fsp3) is 0.588. The predicted molar refractivity (Wildman–Crippen MR) is 88.2 cm³/mol. The Balaban J connectivity index is 1.66. The van der Waals surface area contributed by atoms with Crippen LogP contribution >= 0.6 is 0 Å². The van der Waals surface area contributed by atoms with Crippen LogP contribution in [0.3, 0.4) is 0 Å². The first kappa shape index (κ1) is 15.8. The van der Waals surface area contributed by atoms with Gasteiger partial charge < -0.3 is 16.0 Å². The largest absolute Gasteiger partial charge is 0.399 e. The van der Waals surface area contributed by atoms with E-state index in [0.29, 0.717) is 12.1 Å². The van der Waals surface area contributed by atoms with Crippen LogP contribution in [0.2, 0.25) is 0 Å². The van der Waals surface area contributed by atoms with Crippen molar-refractivity contribution in [2.45, 2.75) is 51.0 Å². The lowest BCUT2D eigenvalue weighted by atomic mass is 9.94. The van der Waals surface area contributed by atoms with Crippen molar-refractivity contribution in [3.05, 3.63) is 24.3 Å². The fourth-order valence-corrected chi connectivity index (χ4v) is 3.03. The molecule has 1 saturated carbocycles. The molecule has 1 amide bonds. The molecule has 0 aromatic heterocycles. The summed E-state index contributed by atoms with van der Waals surface area (Å²) in [4.78, 5) is 14.3. The van der Waals surface area contributed by atoms with Crippen LogP contribution in [0.4, 0.5) is 11.4 Å². The second-order valence-corrected chi connectivity index (χ2v) is 6.05. The number of rotatable bonds is 6. The Labute approximate surface area is 127 Å². The lowest BCUT2D eigenvalue weighted by Gasteiger charge is -2.31. The maximum absolute atomic E-state index is 11.9. The third kappa shape index (κ3) is 5.38. The van der Waals surface area contributed by atoms with E-state index in [1.165, 1.54) is 32.1 Å². The Bertz CT molecular complexity index is 455. The third-order valence-corrected chi connectivity index (χ3v) is 4.28. The summed E-state index contributed by atoms with van der Waals surface area (Å²) in [6.07, 6.45) is 8.17. The molecule has 1 fully saturated rings. The lowest BCUT2D eigenvalue weighted by molar-refractivity contribution is -0.116. The smallest absolute Gasteiger partial charge is 0.224 e. The number of nitrogens with two attached hydrogens (primary N) is 1. The SMILES string of the molecule is CN(CCCC(=O)Nc1cccc(N)c1)C1CCCCC1. The second-order valence-electron chi connectivity index (χ2n) is 6.05. The summed E-state index contributed by atoms with van der Waals surface area (Å²) in [5, 5.41) is 2.90. The Kier molecular flexibility index (Phi) is 6.05. The van der Waals surface area contributed by atoms with Crippen molar-refractivity contribution in [3.63, 3.8) is 0 Å². The van der Waals surface area contributed by atoms with Crippen LogP contribution in [0.15, 0.2) is 24.3 Å². The Hall–Kier alpha value is -1.55. The van der Waals surface area contributed by atoms with Crippen LogP contribution in [0.5, 0.6) is 0 Å². The summed E-state index contributed by atoms with van der Waals surface area (Å²) in [7, 11) is 2.19. The first-order chi connectivity index (χ1) is 10.1. The van der Waals surface area contributed by atoms with Crippen LogP contribution in [-0.2, 0) is 4.79 Å². The summed E-state index contributed by atoms with van der Waals surface area (Å²) >= 11 is 0. The minimum absolute atomic E-state index is 0.0673. The summed E-state index contributed by atoms with van der Waals surface area (Å²) in [5.41, 5.74) is 7.15. The summed E-state index contributed by atoms with van der Waals surface area (Å²) in [5.74, 6) is 0.0673. The number of nitrogens with one attached hydrogen (secondary N) is 1. The van der Waals surface area contributed by atoms with E-state index in [2.05, 4.69) is 17.3 Å². The number of carbonyl (C=O) groups is 1. The van der Waals surface area contributed by atoms with Gasteiger partial charge in [0, 0.05) is 23.8 Å². The molecule has 116 valence electrons. The van der Waals surface area contributed by atoms with Gasteiger partial charge in [0.1, 0.15) is 0 Å². The highest BCUT2D eigenvalue weighted by Crippen LogP contribution is 2.21. The highest BCUT2D eigenvalue weighted by atomic mass is 16.1. The molecule has 0 unspecified atom stereocenters. The van der Waals surface area contributed by atoms with E-state index < -0.39 is 0 Å². The molecule has 0 bridgehead atoms. The van der Waals surface area contributed by atoms with E-state index in [4.69, 9.17) is 5.73 Å². The maximum atomic E-state index is 11.9. The van der Waals surface area contributed by atoms with Gasteiger partial charge in [-0.2, -0.15) is 0 Å². The second kappa shape index (κ2) is 8.03. The van der Waals surface area contributed by atoms with E-state index in [9.17, 15) is 4.79 Å². The molecule has 1 aromatic rings. The molecule has 0 aliphatic heterocycles. The van der Waals surface area contributed by atoms with Gasteiger partial charge in [0.05, 0.1) is 0 Å². The van der Waals surface area contributed by atoms with Crippen molar-refractivity contribution < 1.29 is 4.79 Å². The normalized spacial score (nSPS) is 16.1. The molecule has 1 aliphatic carbocycles. The van der Waals surface area contributed by atoms with Crippen molar-refractivity contribution >= 4 is 17.3 Å². The minimum Gasteiger partial charge on any atom is -0.399 e. The Morgan fingerprint density at radius 2 is 2.10 bits per heavy atom. The maximum Gasteiger partial charge on any atom is 0.224 e.